The van der Waals surface area contributed by atoms with E-state index in [1.807, 2.05) is 6.20 Å². The number of nitrogens with zero attached hydrogens (tertiary/aromatic N) is 6. The number of nitro benzene ring substituents is 1. The van der Waals surface area contributed by atoms with E-state index >= 15 is 0 Å². The maximum Gasteiger partial charge on any atom is 0.269 e. The molecule has 1 aromatic heterocycles. The number of piperazine rings is 1. The molecule has 1 saturated heterocycles. The van der Waals surface area contributed by atoms with Gasteiger partial charge in [0.2, 0.25) is 0 Å². The lowest BCUT2D eigenvalue weighted by Crippen LogP contribution is -2.44. The summed E-state index contributed by atoms with van der Waals surface area (Å²) in [7, 11) is 2.16. The minimum atomic E-state index is -0.408. The van der Waals surface area contributed by atoms with Gasteiger partial charge in [-0.05, 0) is 38.6 Å². The van der Waals surface area contributed by atoms with Crippen molar-refractivity contribution in [1.82, 2.24) is 24.8 Å². The maximum absolute atomic E-state index is 10.7. The summed E-state index contributed by atoms with van der Waals surface area (Å²) in [6, 6.07) is 6.32. The number of likely N-dealkylation sites (N-methyl/N-ethyl adjacent to an activating group) is 1. The molecular weight excluding hydrogens is 308 g/mol. The van der Waals surface area contributed by atoms with E-state index in [9.17, 15) is 10.1 Å². The summed E-state index contributed by atoms with van der Waals surface area (Å²) in [5.41, 5.74) is 1.80. The molecule has 0 amide bonds. The molecule has 2 heterocycles. The van der Waals surface area contributed by atoms with Gasteiger partial charge in [0.1, 0.15) is 0 Å². The minimum absolute atomic E-state index is 0.0752. The Morgan fingerprint density at radius 3 is 2.54 bits per heavy atom. The van der Waals surface area contributed by atoms with E-state index in [1.54, 1.807) is 16.8 Å². The third-order valence-electron chi connectivity index (χ3n) is 4.37. The Morgan fingerprint density at radius 1 is 1.17 bits per heavy atom. The molecule has 1 aliphatic rings. The van der Waals surface area contributed by atoms with Gasteiger partial charge >= 0.3 is 0 Å². The third kappa shape index (κ3) is 4.15. The van der Waals surface area contributed by atoms with Crippen molar-refractivity contribution in [3.8, 4) is 5.69 Å². The molecule has 0 aliphatic carbocycles. The Bertz CT molecular complexity index is 676. The van der Waals surface area contributed by atoms with Gasteiger partial charge in [0.15, 0.2) is 0 Å². The summed E-state index contributed by atoms with van der Waals surface area (Å²) in [6.45, 7) is 5.61. The maximum atomic E-state index is 10.7. The van der Waals surface area contributed by atoms with Crippen LogP contribution in [0.2, 0.25) is 0 Å². The fourth-order valence-electron chi connectivity index (χ4n) is 2.82. The van der Waals surface area contributed by atoms with Gasteiger partial charge in [-0.3, -0.25) is 10.1 Å². The molecule has 8 heteroatoms. The molecule has 0 atom stereocenters. The van der Waals surface area contributed by atoms with Crippen LogP contribution in [-0.4, -0.2) is 69.5 Å². The van der Waals surface area contributed by atoms with Crippen molar-refractivity contribution in [2.24, 2.45) is 0 Å². The van der Waals surface area contributed by atoms with E-state index in [-0.39, 0.29) is 5.69 Å². The molecule has 0 bridgehead atoms. The Balaban J connectivity index is 1.51. The molecule has 128 valence electrons. The zero-order valence-corrected chi connectivity index (χ0v) is 13.8. The van der Waals surface area contributed by atoms with Gasteiger partial charge in [-0.1, -0.05) is 5.21 Å². The average molecular weight is 330 g/mol. The number of hydrogen-bond acceptors (Lipinski definition) is 6. The molecule has 0 unspecified atom stereocenters. The lowest BCUT2D eigenvalue weighted by atomic mass is 10.2. The molecule has 8 nitrogen and oxygen atoms in total. The van der Waals surface area contributed by atoms with Gasteiger partial charge in [-0.2, -0.15) is 0 Å². The van der Waals surface area contributed by atoms with Crippen molar-refractivity contribution in [3.63, 3.8) is 0 Å². The first-order chi connectivity index (χ1) is 11.6. The van der Waals surface area contributed by atoms with Gasteiger partial charge in [0.25, 0.3) is 5.69 Å². The number of non-ortho nitro benzene ring substituents is 1. The number of rotatable bonds is 6. The fourth-order valence-corrected chi connectivity index (χ4v) is 2.82. The van der Waals surface area contributed by atoms with E-state index in [0.717, 1.165) is 56.9 Å². The standard InChI is InChI=1S/C16H22N6O2/c1-19-9-11-20(12-10-19)8-2-3-14-13-21(18-17-14)15-4-6-16(7-5-15)22(23)24/h4-7,13H,2-3,8-12H2,1H3. The second kappa shape index (κ2) is 7.50. The quantitative estimate of drug-likeness (QED) is 0.587. The Hall–Kier alpha value is -2.32. The molecule has 3 rings (SSSR count). The first kappa shape index (κ1) is 16.5. The highest BCUT2D eigenvalue weighted by Crippen LogP contribution is 2.15. The monoisotopic (exact) mass is 330 g/mol. The highest BCUT2D eigenvalue weighted by Gasteiger charge is 2.13. The van der Waals surface area contributed by atoms with E-state index in [0.29, 0.717) is 0 Å². The zero-order valence-electron chi connectivity index (χ0n) is 13.8. The number of benzene rings is 1. The Morgan fingerprint density at radius 2 is 1.88 bits per heavy atom. The molecule has 1 aliphatic heterocycles. The Kier molecular flexibility index (Phi) is 5.17. The summed E-state index contributed by atoms with van der Waals surface area (Å²) in [4.78, 5) is 15.1. The van der Waals surface area contributed by atoms with Crippen LogP contribution in [0.5, 0.6) is 0 Å². The second-order valence-electron chi connectivity index (χ2n) is 6.18. The lowest BCUT2D eigenvalue weighted by molar-refractivity contribution is -0.384. The molecular formula is C16H22N6O2. The minimum Gasteiger partial charge on any atom is -0.304 e. The number of nitro groups is 1. The molecule has 24 heavy (non-hydrogen) atoms. The summed E-state index contributed by atoms with van der Waals surface area (Å²) >= 11 is 0. The van der Waals surface area contributed by atoms with Crippen LogP contribution in [-0.2, 0) is 6.42 Å². The Labute approximate surface area is 140 Å². The summed E-state index contributed by atoms with van der Waals surface area (Å²) in [5, 5.41) is 19.0. The first-order valence-corrected chi connectivity index (χ1v) is 8.19. The predicted molar refractivity (Wildman–Crippen MR) is 90.3 cm³/mol. The van der Waals surface area contributed by atoms with Gasteiger partial charge in [0.05, 0.1) is 22.5 Å². The summed E-state index contributed by atoms with van der Waals surface area (Å²) in [6.07, 6.45) is 3.84. The van der Waals surface area contributed by atoms with Crippen LogP contribution < -0.4 is 0 Å². The van der Waals surface area contributed by atoms with Crippen LogP contribution in [0.25, 0.3) is 5.69 Å². The molecule has 1 fully saturated rings. The van der Waals surface area contributed by atoms with Crippen LogP contribution >= 0.6 is 0 Å². The van der Waals surface area contributed by atoms with Crippen molar-refractivity contribution < 1.29 is 4.92 Å². The zero-order chi connectivity index (χ0) is 16.9. The SMILES string of the molecule is CN1CCN(CCCc2cn(-c3ccc([N+](=O)[O-])cc3)nn2)CC1. The van der Waals surface area contributed by atoms with Crippen molar-refractivity contribution in [2.75, 3.05) is 39.8 Å². The number of hydrogen-bond donors (Lipinski definition) is 0. The van der Waals surface area contributed by atoms with Gasteiger partial charge in [-0.25, -0.2) is 4.68 Å². The molecule has 0 spiro atoms. The van der Waals surface area contributed by atoms with Gasteiger partial charge in [-0.15, -0.1) is 5.10 Å². The van der Waals surface area contributed by atoms with Crippen LogP contribution in [0, 0.1) is 10.1 Å². The normalized spacial score (nSPS) is 16.4. The first-order valence-electron chi connectivity index (χ1n) is 8.19. The van der Waals surface area contributed by atoms with E-state index in [2.05, 4.69) is 27.2 Å². The van der Waals surface area contributed by atoms with Crippen molar-refractivity contribution >= 4 is 5.69 Å². The molecule has 0 saturated carbocycles. The van der Waals surface area contributed by atoms with Crippen molar-refractivity contribution in [1.29, 1.82) is 0 Å². The van der Waals surface area contributed by atoms with Crippen LogP contribution in [0.1, 0.15) is 12.1 Å². The van der Waals surface area contributed by atoms with Crippen LogP contribution in [0.3, 0.4) is 0 Å². The molecule has 0 radical (unpaired) electrons. The smallest absolute Gasteiger partial charge is 0.269 e. The number of aryl methyl sites for hydroxylation is 1. The third-order valence-corrected chi connectivity index (χ3v) is 4.37. The predicted octanol–water partition coefficient (Wildman–Crippen LogP) is 1.36. The summed E-state index contributed by atoms with van der Waals surface area (Å²) in [5.74, 6) is 0. The van der Waals surface area contributed by atoms with Crippen LogP contribution in [0.15, 0.2) is 30.5 Å². The molecule has 2 aromatic rings. The largest absolute Gasteiger partial charge is 0.304 e. The molecule has 1 aromatic carbocycles. The van der Waals surface area contributed by atoms with Crippen molar-refractivity contribution in [2.45, 2.75) is 12.8 Å². The molecule has 0 N–H and O–H groups in total. The lowest BCUT2D eigenvalue weighted by Gasteiger charge is -2.32. The second-order valence-corrected chi connectivity index (χ2v) is 6.18. The topological polar surface area (TPSA) is 80.3 Å². The van der Waals surface area contributed by atoms with Crippen molar-refractivity contribution in [3.05, 3.63) is 46.3 Å². The van der Waals surface area contributed by atoms with Crippen LogP contribution in [0.4, 0.5) is 5.69 Å². The van der Waals surface area contributed by atoms with E-state index < -0.39 is 4.92 Å². The van der Waals surface area contributed by atoms with Gasteiger partial charge in [0, 0.05) is 38.3 Å². The highest BCUT2D eigenvalue weighted by molar-refractivity contribution is 5.40. The highest BCUT2D eigenvalue weighted by atomic mass is 16.6. The average Bonchev–Trinajstić information content (AvgIpc) is 3.06. The fraction of sp³-hybridized carbons (Fsp3) is 0.500. The van der Waals surface area contributed by atoms with E-state index in [1.165, 1.54) is 12.1 Å². The van der Waals surface area contributed by atoms with Gasteiger partial charge < -0.3 is 9.80 Å². The number of aromatic nitrogens is 3. The van der Waals surface area contributed by atoms with E-state index in [4.69, 9.17) is 0 Å². The summed E-state index contributed by atoms with van der Waals surface area (Å²) < 4.78 is 1.66.